The number of halogens is 1. The molecule has 0 atom stereocenters. The van der Waals surface area contributed by atoms with Crippen LogP contribution in [0, 0.1) is 0 Å². The van der Waals surface area contributed by atoms with E-state index in [-0.39, 0.29) is 17.3 Å². The second-order valence-electron chi connectivity index (χ2n) is 7.47. The van der Waals surface area contributed by atoms with E-state index in [1.165, 1.54) is 22.7 Å². The average molecular weight is 434 g/mol. The van der Waals surface area contributed by atoms with Crippen LogP contribution >= 0.6 is 34.3 Å². The van der Waals surface area contributed by atoms with Gasteiger partial charge in [-0.3, -0.25) is 4.79 Å². The topological polar surface area (TPSA) is 46.6 Å². The number of fused-ring (bicyclic) bond motifs is 2. The lowest BCUT2D eigenvalue weighted by Gasteiger charge is -2.37. The molecule has 4 nitrogen and oxygen atoms in total. The molecule has 3 aromatic rings. The zero-order chi connectivity index (χ0) is 20.1. The molecule has 0 saturated carbocycles. The van der Waals surface area contributed by atoms with Crippen LogP contribution in [0.15, 0.2) is 30.3 Å². The highest BCUT2D eigenvalue weighted by Crippen LogP contribution is 2.42. The normalized spacial score (nSPS) is 15.5. The molecule has 146 valence electrons. The Morgan fingerprint density at radius 3 is 2.71 bits per heavy atom. The molecule has 1 aliphatic heterocycles. The van der Waals surface area contributed by atoms with Gasteiger partial charge in [0, 0.05) is 33.5 Å². The molecular weight excluding hydrogens is 414 g/mol. The fraction of sp³-hybridized carbons (Fsp3) is 0.333. The fourth-order valence-corrected chi connectivity index (χ4v) is 6.31. The summed E-state index contributed by atoms with van der Waals surface area (Å²) in [4.78, 5) is 29.6. The van der Waals surface area contributed by atoms with E-state index in [9.17, 15) is 9.59 Å². The number of carbonyl (C=O) groups excluding carboxylic acids is 2. The molecule has 7 heteroatoms. The van der Waals surface area contributed by atoms with Gasteiger partial charge in [-0.15, -0.1) is 22.7 Å². The maximum absolute atomic E-state index is 13.3. The summed E-state index contributed by atoms with van der Waals surface area (Å²) in [6.07, 6.45) is 0. The number of benzene rings is 1. The van der Waals surface area contributed by atoms with Crippen molar-refractivity contribution in [2.24, 2.45) is 0 Å². The van der Waals surface area contributed by atoms with E-state index in [0.717, 1.165) is 20.5 Å². The van der Waals surface area contributed by atoms with Crippen molar-refractivity contribution >= 4 is 56.2 Å². The number of hydrogen-bond donors (Lipinski definition) is 0. The van der Waals surface area contributed by atoms with Crippen molar-refractivity contribution in [2.75, 3.05) is 13.2 Å². The Balaban J connectivity index is 1.68. The molecule has 0 spiro atoms. The molecule has 0 bridgehead atoms. The highest BCUT2D eigenvalue weighted by molar-refractivity contribution is 7.21. The molecule has 0 aliphatic carbocycles. The quantitative estimate of drug-likeness (QED) is 0.496. The Kier molecular flexibility index (Phi) is 4.98. The highest BCUT2D eigenvalue weighted by Gasteiger charge is 2.37. The highest BCUT2D eigenvalue weighted by atomic mass is 35.5. The predicted octanol–water partition coefficient (Wildman–Crippen LogP) is 5.73. The van der Waals surface area contributed by atoms with Crippen LogP contribution in [0.4, 0.5) is 0 Å². The molecule has 1 aliphatic rings. The third-order valence-corrected chi connectivity index (χ3v) is 8.05. The molecular formula is C21H20ClNO3S2. The van der Waals surface area contributed by atoms with E-state index in [2.05, 4.69) is 13.8 Å². The van der Waals surface area contributed by atoms with Gasteiger partial charge in [-0.05, 0) is 24.6 Å². The Bertz CT molecular complexity index is 1080. The molecule has 0 radical (unpaired) electrons. The van der Waals surface area contributed by atoms with E-state index >= 15 is 0 Å². The van der Waals surface area contributed by atoms with Crippen molar-refractivity contribution in [1.29, 1.82) is 0 Å². The molecule has 28 heavy (non-hydrogen) atoms. The van der Waals surface area contributed by atoms with Gasteiger partial charge in [-0.2, -0.15) is 0 Å². The standard InChI is InChI=1S/C21H20ClNO3S2/c1-4-26-20(25)15-9-12-10-23(11-21(2,3)18(12)28-15)19(24)17-16(22)13-7-5-6-8-14(13)27-17/h5-9H,4,10-11H2,1-3H3. The maximum atomic E-state index is 13.3. The minimum absolute atomic E-state index is 0.0613. The average Bonchev–Trinajstić information content (AvgIpc) is 3.24. The summed E-state index contributed by atoms with van der Waals surface area (Å²) < 4.78 is 6.15. The number of hydrogen-bond acceptors (Lipinski definition) is 5. The number of esters is 1. The molecule has 1 aromatic carbocycles. The van der Waals surface area contributed by atoms with Crippen LogP contribution in [0.25, 0.3) is 10.1 Å². The largest absolute Gasteiger partial charge is 0.462 e. The second kappa shape index (κ2) is 7.17. The van der Waals surface area contributed by atoms with E-state index in [4.69, 9.17) is 16.3 Å². The van der Waals surface area contributed by atoms with Crippen LogP contribution in [0.5, 0.6) is 0 Å². The van der Waals surface area contributed by atoms with Crippen molar-refractivity contribution < 1.29 is 14.3 Å². The number of carbonyl (C=O) groups is 2. The molecule has 0 unspecified atom stereocenters. The first-order valence-electron chi connectivity index (χ1n) is 9.08. The predicted molar refractivity (Wildman–Crippen MR) is 115 cm³/mol. The van der Waals surface area contributed by atoms with E-state index in [0.29, 0.717) is 34.5 Å². The fourth-order valence-electron chi connectivity index (χ4n) is 3.67. The van der Waals surface area contributed by atoms with Crippen molar-refractivity contribution in [3.63, 3.8) is 0 Å². The SMILES string of the molecule is CCOC(=O)c1cc2c(s1)C(C)(C)CN(C(=O)c1sc3ccccc3c1Cl)C2. The maximum Gasteiger partial charge on any atom is 0.348 e. The van der Waals surface area contributed by atoms with Gasteiger partial charge in [0.25, 0.3) is 5.91 Å². The zero-order valence-electron chi connectivity index (χ0n) is 15.9. The smallest absolute Gasteiger partial charge is 0.348 e. The Labute approximate surface area is 176 Å². The zero-order valence-corrected chi connectivity index (χ0v) is 18.3. The number of thiophene rings is 2. The minimum Gasteiger partial charge on any atom is -0.462 e. The summed E-state index contributed by atoms with van der Waals surface area (Å²) in [5, 5.41) is 1.43. The molecule has 2 aromatic heterocycles. The van der Waals surface area contributed by atoms with E-state index in [1.54, 1.807) is 6.92 Å². The van der Waals surface area contributed by atoms with Crippen LogP contribution in [0.1, 0.15) is 50.6 Å². The summed E-state index contributed by atoms with van der Waals surface area (Å²) in [5.74, 6) is -0.364. The number of rotatable bonds is 3. The molecule has 1 amide bonds. The van der Waals surface area contributed by atoms with Crippen LogP contribution in [0.2, 0.25) is 5.02 Å². The second-order valence-corrected chi connectivity index (χ2v) is 9.95. The lowest BCUT2D eigenvalue weighted by molar-refractivity contribution is 0.0532. The molecule has 3 heterocycles. The summed E-state index contributed by atoms with van der Waals surface area (Å²) >= 11 is 9.43. The van der Waals surface area contributed by atoms with Gasteiger partial charge in [0.05, 0.1) is 11.6 Å². The van der Waals surface area contributed by atoms with Crippen molar-refractivity contribution in [1.82, 2.24) is 4.90 Å². The lowest BCUT2D eigenvalue weighted by atomic mass is 9.85. The number of ether oxygens (including phenoxy) is 1. The van der Waals surface area contributed by atoms with E-state index in [1.807, 2.05) is 35.2 Å². The summed E-state index contributed by atoms with van der Waals surface area (Å²) in [6, 6.07) is 9.65. The first kappa shape index (κ1) is 19.4. The third kappa shape index (κ3) is 3.23. The summed E-state index contributed by atoms with van der Waals surface area (Å²) in [5.41, 5.74) is 0.761. The van der Waals surface area contributed by atoms with Crippen molar-refractivity contribution in [3.8, 4) is 0 Å². The summed E-state index contributed by atoms with van der Waals surface area (Å²) in [7, 11) is 0. The molecule has 0 saturated heterocycles. The molecule has 4 rings (SSSR count). The van der Waals surface area contributed by atoms with Gasteiger partial charge in [-0.1, -0.05) is 43.6 Å². The first-order valence-corrected chi connectivity index (χ1v) is 11.1. The Morgan fingerprint density at radius 2 is 2.00 bits per heavy atom. The number of amides is 1. The first-order chi connectivity index (χ1) is 13.3. The van der Waals surface area contributed by atoms with Crippen molar-refractivity contribution in [2.45, 2.75) is 32.7 Å². The van der Waals surface area contributed by atoms with Gasteiger partial charge in [0.15, 0.2) is 0 Å². The third-order valence-electron chi connectivity index (χ3n) is 4.86. The van der Waals surface area contributed by atoms with Crippen LogP contribution in [-0.4, -0.2) is 29.9 Å². The Hall–Kier alpha value is -1.89. The van der Waals surface area contributed by atoms with Crippen LogP contribution in [-0.2, 0) is 16.7 Å². The van der Waals surface area contributed by atoms with Gasteiger partial charge in [0.1, 0.15) is 9.75 Å². The minimum atomic E-state index is -0.303. The monoisotopic (exact) mass is 433 g/mol. The lowest BCUT2D eigenvalue weighted by Crippen LogP contribution is -2.44. The number of nitrogens with zero attached hydrogens (tertiary/aromatic N) is 1. The van der Waals surface area contributed by atoms with Gasteiger partial charge >= 0.3 is 5.97 Å². The molecule has 0 N–H and O–H groups in total. The van der Waals surface area contributed by atoms with Gasteiger partial charge in [0.2, 0.25) is 0 Å². The van der Waals surface area contributed by atoms with Crippen LogP contribution < -0.4 is 0 Å². The summed E-state index contributed by atoms with van der Waals surface area (Å²) in [6.45, 7) is 7.39. The van der Waals surface area contributed by atoms with Crippen LogP contribution in [0.3, 0.4) is 0 Å². The van der Waals surface area contributed by atoms with Crippen molar-refractivity contribution in [3.05, 3.63) is 55.5 Å². The van der Waals surface area contributed by atoms with E-state index < -0.39 is 0 Å². The Morgan fingerprint density at radius 1 is 1.25 bits per heavy atom. The van der Waals surface area contributed by atoms with Gasteiger partial charge < -0.3 is 9.64 Å². The molecule has 0 fully saturated rings. The van der Waals surface area contributed by atoms with Gasteiger partial charge in [-0.25, -0.2) is 4.79 Å².